The maximum Gasteiger partial charge on any atom is 0.120 e. The zero-order valence-corrected chi connectivity index (χ0v) is 11.7. The van der Waals surface area contributed by atoms with Gasteiger partial charge < -0.3 is 5.21 Å². The van der Waals surface area contributed by atoms with Gasteiger partial charge >= 0.3 is 0 Å². The average molecular weight is 269 g/mol. The van der Waals surface area contributed by atoms with Gasteiger partial charge in [0, 0.05) is 20.2 Å². The summed E-state index contributed by atoms with van der Waals surface area (Å²) in [7, 11) is 0. The number of fused-ring (bicyclic) bond motifs is 2. The van der Waals surface area contributed by atoms with Crippen LogP contribution in [0.1, 0.15) is 25.3 Å². The van der Waals surface area contributed by atoms with Gasteiger partial charge in [-0.3, -0.25) is 0 Å². The second-order valence-corrected chi connectivity index (χ2v) is 6.01. The fourth-order valence-corrected chi connectivity index (χ4v) is 3.60. The van der Waals surface area contributed by atoms with Gasteiger partial charge in [-0.05, 0) is 23.6 Å². The van der Waals surface area contributed by atoms with Crippen molar-refractivity contribution in [3.63, 3.8) is 0 Å². The molecule has 0 aliphatic carbocycles. The first-order valence-electron chi connectivity index (χ1n) is 6.35. The number of nitrogens with zero attached hydrogens (tertiary/aromatic N) is 1. The third-order valence-corrected chi connectivity index (χ3v) is 4.52. The van der Waals surface area contributed by atoms with Crippen LogP contribution in [0.5, 0.6) is 0 Å². The van der Waals surface area contributed by atoms with Crippen LogP contribution in [0, 0.1) is 0 Å². The molecule has 0 fully saturated rings. The molecule has 0 aliphatic rings. The molecule has 3 rings (SSSR count). The Labute approximate surface area is 115 Å². The van der Waals surface area contributed by atoms with Gasteiger partial charge in [0.25, 0.3) is 0 Å². The van der Waals surface area contributed by atoms with Crippen LogP contribution in [0.2, 0.25) is 0 Å². The Hall–Kier alpha value is -1.87. The summed E-state index contributed by atoms with van der Waals surface area (Å²) in [5.74, 6) is 0.401. The van der Waals surface area contributed by atoms with Crippen molar-refractivity contribution in [1.82, 2.24) is 0 Å². The Kier molecular flexibility index (Phi) is 2.99. The van der Waals surface area contributed by atoms with E-state index < -0.39 is 0 Å². The molecule has 0 spiro atoms. The van der Waals surface area contributed by atoms with Crippen molar-refractivity contribution in [2.75, 3.05) is 0 Å². The molecule has 0 radical (unpaired) electrons. The molecule has 0 unspecified atom stereocenters. The van der Waals surface area contributed by atoms with Crippen molar-refractivity contribution in [2.24, 2.45) is 5.16 Å². The molecule has 19 heavy (non-hydrogen) atoms. The highest BCUT2D eigenvalue weighted by molar-refractivity contribution is 7.24. The Morgan fingerprint density at radius 2 is 1.74 bits per heavy atom. The normalized spacial score (nSPS) is 12.7. The van der Waals surface area contributed by atoms with Crippen LogP contribution in [0.4, 0.5) is 0 Å². The van der Waals surface area contributed by atoms with Crippen molar-refractivity contribution in [2.45, 2.75) is 19.8 Å². The van der Waals surface area contributed by atoms with Crippen LogP contribution in [0.25, 0.3) is 20.2 Å². The molecule has 0 bridgehead atoms. The predicted molar refractivity (Wildman–Crippen MR) is 80.8 cm³/mol. The number of rotatable bonds is 1. The molecule has 0 saturated heterocycles. The van der Waals surface area contributed by atoms with Crippen molar-refractivity contribution < 1.29 is 5.21 Å². The molecule has 2 nitrogen and oxygen atoms in total. The van der Waals surface area contributed by atoms with Gasteiger partial charge in [-0.25, -0.2) is 0 Å². The first-order valence-corrected chi connectivity index (χ1v) is 7.16. The molecule has 1 N–H and O–H groups in total. The summed E-state index contributed by atoms with van der Waals surface area (Å²) in [6, 6.07) is 14.3. The quantitative estimate of drug-likeness (QED) is 0.394. The van der Waals surface area contributed by atoms with Gasteiger partial charge in [-0.2, -0.15) is 0 Å². The largest absolute Gasteiger partial charge is 0.410 e. The molecule has 3 heteroatoms. The fourth-order valence-electron chi connectivity index (χ4n) is 2.48. The molecule has 0 amide bonds. The van der Waals surface area contributed by atoms with Gasteiger partial charge in [0.2, 0.25) is 0 Å². The molecule has 2 aromatic carbocycles. The van der Waals surface area contributed by atoms with E-state index in [1.165, 1.54) is 5.56 Å². The zero-order chi connectivity index (χ0) is 13.4. The zero-order valence-electron chi connectivity index (χ0n) is 10.9. The van der Waals surface area contributed by atoms with Crippen molar-refractivity contribution in [3.05, 3.63) is 53.4 Å². The Morgan fingerprint density at radius 1 is 1.00 bits per heavy atom. The molecule has 3 aromatic rings. The molecule has 0 saturated carbocycles. The first-order chi connectivity index (χ1) is 9.22. The average Bonchev–Trinajstić information content (AvgIpc) is 2.43. The number of hydrogen-bond donors (Lipinski definition) is 1. The van der Waals surface area contributed by atoms with Crippen molar-refractivity contribution in [3.8, 4) is 0 Å². The Balaban J connectivity index is 2.62. The molecular weight excluding hydrogens is 254 g/mol. The van der Waals surface area contributed by atoms with E-state index in [1.807, 2.05) is 18.2 Å². The number of hydrogen-bond acceptors (Lipinski definition) is 3. The summed E-state index contributed by atoms with van der Waals surface area (Å²) in [5, 5.41) is 15.8. The Bertz CT molecular complexity index is 818. The van der Waals surface area contributed by atoms with Gasteiger partial charge in [-0.1, -0.05) is 49.3 Å². The predicted octanol–water partition coefficient (Wildman–Crippen LogP) is 4.47. The third kappa shape index (κ3) is 1.90. The van der Waals surface area contributed by atoms with E-state index in [0.717, 1.165) is 20.2 Å². The Morgan fingerprint density at radius 3 is 2.47 bits per heavy atom. The maximum atomic E-state index is 9.47. The summed E-state index contributed by atoms with van der Waals surface area (Å²) in [6.07, 6.45) is 0. The van der Waals surface area contributed by atoms with Crippen LogP contribution in [0.15, 0.2) is 47.6 Å². The molecular formula is C16H15NOS. The van der Waals surface area contributed by atoms with Crippen LogP contribution in [-0.4, -0.2) is 5.21 Å². The summed E-state index contributed by atoms with van der Waals surface area (Å²) in [5.41, 5.74) is 1.23. The molecule has 0 atom stereocenters. The maximum absolute atomic E-state index is 9.47. The summed E-state index contributed by atoms with van der Waals surface area (Å²) in [4.78, 5) is 0. The highest BCUT2D eigenvalue weighted by Gasteiger charge is 2.10. The van der Waals surface area contributed by atoms with Crippen molar-refractivity contribution in [1.29, 1.82) is 0 Å². The first kappa shape index (κ1) is 12.2. The van der Waals surface area contributed by atoms with E-state index in [-0.39, 0.29) is 0 Å². The van der Waals surface area contributed by atoms with Gasteiger partial charge in [-0.15, -0.1) is 11.3 Å². The highest BCUT2D eigenvalue weighted by Crippen LogP contribution is 2.29. The van der Waals surface area contributed by atoms with Crippen LogP contribution < -0.4 is 5.36 Å². The second-order valence-electron chi connectivity index (χ2n) is 4.92. The van der Waals surface area contributed by atoms with E-state index >= 15 is 0 Å². The van der Waals surface area contributed by atoms with E-state index in [4.69, 9.17) is 0 Å². The lowest BCUT2D eigenvalue weighted by Gasteiger charge is -2.11. The monoisotopic (exact) mass is 269 g/mol. The topological polar surface area (TPSA) is 32.6 Å². The molecule has 1 aromatic heterocycles. The van der Waals surface area contributed by atoms with E-state index in [2.05, 4.69) is 43.3 Å². The van der Waals surface area contributed by atoms with Gasteiger partial charge in [0.1, 0.15) is 5.36 Å². The number of benzene rings is 2. The lowest BCUT2D eigenvalue weighted by atomic mass is 9.98. The SMILES string of the molecule is CC(C)c1cccc2sc3ccccc3c(=NO)c12. The van der Waals surface area contributed by atoms with E-state index in [0.29, 0.717) is 11.3 Å². The molecule has 1 heterocycles. The van der Waals surface area contributed by atoms with E-state index in [1.54, 1.807) is 11.3 Å². The van der Waals surface area contributed by atoms with Crippen LogP contribution >= 0.6 is 11.3 Å². The fraction of sp³-hybridized carbons (Fsp3) is 0.188. The second kappa shape index (κ2) is 4.67. The highest BCUT2D eigenvalue weighted by atomic mass is 32.1. The summed E-state index contributed by atoms with van der Waals surface area (Å²) in [6.45, 7) is 4.32. The summed E-state index contributed by atoms with van der Waals surface area (Å²) >= 11 is 1.74. The van der Waals surface area contributed by atoms with Crippen LogP contribution in [0.3, 0.4) is 0 Å². The lowest BCUT2D eigenvalue weighted by Crippen LogP contribution is -2.07. The van der Waals surface area contributed by atoms with Crippen LogP contribution in [-0.2, 0) is 0 Å². The standard InChI is InChI=1S/C16H15NOS/c1-10(2)11-7-5-9-14-15(11)16(17-18)12-6-3-4-8-13(12)19-14/h3-10,18H,1-2H3. The smallest absolute Gasteiger partial charge is 0.120 e. The minimum atomic E-state index is 0.401. The van der Waals surface area contributed by atoms with Gasteiger partial charge in [0.15, 0.2) is 0 Å². The van der Waals surface area contributed by atoms with Crippen molar-refractivity contribution >= 4 is 31.5 Å². The minimum absolute atomic E-state index is 0.401. The minimum Gasteiger partial charge on any atom is -0.410 e. The summed E-state index contributed by atoms with van der Waals surface area (Å²) < 4.78 is 2.31. The molecule has 96 valence electrons. The lowest BCUT2D eigenvalue weighted by molar-refractivity contribution is 0.304. The molecule has 0 aliphatic heterocycles. The van der Waals surface area contributed by atoms with Gasteiger partial charge in [0.05, 0.1) is 0 Å². The third-order valence-electron chi connectivity index (χ3n) is 3.38. The van der Waals surface area contributed by atoms with E-state index in [9.17, 15) is 5.21 Å².